The number of hydrazine groups is 1. The maximum Gasteiger partial charge on any atom is 0.407 e. The molecule has 0 spiro atoms. The number of cyclic esters (lactones) is 1. The first-order valence-corrected chi connectivity index (χ1v) is 9.74. The van der Waals surface area contributed by atoms with Gasteiger partial charge in [-0.1, -0.05) is 0 Å². The standard InChI is InChI=1S/C19H28N4O4/c1-11-5-6-20-19(24)26-10-12-7-14(25-2)9-17(21-12)18-15-8-13(27-11)3-4-16(15)22-23-18/h7,9,11,13,15-16,18,22-23H,3-6,8,10H2,1-2H3,(H,20,24)/t11-,13?,15?,16?,18?/m1/s1. The second-order valence-corrected chi connectivity index (χ2v) is 7.63. The molecule has 2 fully saturated rings. The maximum absolute atomic E-state index is 11.9. The summed E-state index contributed by atoms with van der Waals surface area (Å²) in [7, 11) is 1.63. The molecule has 1 amide bonds. The second kappa shape index (κ2) is 8.00. The van der Waals surface area contributed by atoms with Gasteiger partial charge in [-0.3, -0.25) is 10.4 Å². The molecular weight excluding hydrogens is 348 g/mol. The van der Waals surface area contributed by atoms with E-state index in [1.807, 2.05) is 12.1 Å². The summed E-state index contributed by atoms with van der Waals surface area (Å²) in [6.07, 6.45) is 3.74. The van der Waals surface area contributed by atoms with Crippen molar-refractivity contribution in [2.24, 2.45) is 5.92 Å². The first kappa shape index (κ1) is 18.5. The Balaban J connectivity index is 1.63. The van der Waals surface area contributed by atoms with Crippen LogP contribution in [0.25, 0.3) is 0 Å². The molecule has 8 heteroatoms. The zero-order chi connectivity index (χ0) is 18.8. The number of pyridine rings is 1. The molecule has 0 aromatic carbocycles. The number of rotatable bonds is 1. The van der Waals surface area contributed by atoms with Crippen molar-refractivity contribution in [3.05, 3.63) is 23.5 Å². The van der Waals surface area contributed by atoms with Crippen LogP contribution in [0.5, 0.6) is 5.75 Å². The molecule has 3 heterocycles. The summed E-state index contributed by atoms with van der Waals surface area (Å²) < 4.78 is 17.0. The maximum atomic E-state index is 11.9. The van der Waals surface area contributed by atoms with Gasteiger partial charge >= 0.3 is 6.09 Å². The van der Waals surface area contributed by atoms with Gasteiger partial charge < -0.3 is 19.5 Å². The van der Waals surface area contributed by atoms with Gasteiger partial charge in [-0.25, -0.2) is 10.2 Å². The Morgan fingerprint density at radius 1 is 1.22 bits per heavy atom. The average Bonchev–Trinajstić information content (AvgIpc) is 3.08. The van der Waals surface area contributed by atoms with Crippen LogP contribution < -0.4 is 20.9 Å². The van der Waals surface area contributed by atoms with Crippen LogP contribution in [0.2, 0.25) is 0 Å². The Hall–Kier alpha value is -1.90. The third kappa shape index (κ3) is 4.17. The molecule has 3 aliphatic rings. The van der Waals surface area contributed by atoms with Crippen molar-refractivity contribution in [3.8, 4) is 5.75 Å². The van der Waals surface area contributed by atoms with Crippen LogP contribution in [0.4, 0.5) is 4.79 Å². The van der Waals surface area contributed by atoms with Crippen molar-refractivity contribution >= 4 is 6.09 Å². The molecule has 1 saturated heterocycles. The third-order valence-corrected chi connectivity index (χ3v) is 5.73. The second-order valence-electron chi connectivity index (χ2n) is 7.63. The fraction of sp³-hybridized carbons (Fsp3) is 0.684. The number of nitrogens with one attached hydrogen (secondary N) is 3. The molecule has 4 unspecified atom stereocenters. The summed E-state index contributed by atoms with van der Waals surface area (Å²) in [5, 5.41) is 2.78. The lowest BCUT2D eigenvalue weighted by atomic mass is 9.79. The van der Waals surface area contributed by atoms with Crippen LogP contribution in [0.15, 0.2) is 12.1 Å². The zero-order valence-electron chi connectivity index (χ0n) is 15.9. The topological polar surface area (TPSA) is 93.7 Å². The van der Waals surface area contributed by atoms with E-state index in [4.69, 9.17) is 19.2 Å². The lowest BCUT2D eigenvalue weighted by molar-refractivity contribution is -0.0381. The van der Waals surface area contributed by atoms with Crippen LogP contribution in [0.1, 0.15) is 50.0 Å². The molecule has 8 nitrogen and oxygen atoms in total. The lowest BCUT2D eigenvalue weighted by Gasteiger charge is -2.34. The van der Waals surface area contributed by atoms with Crippen molar-refractivity contribution in [3.63, 3.8) is 0 Å². The lowest BCUT2D eigenvalue weighted by Crippen LogP contribution is -2.38. The quantitative estimate of drug-likeness (QED) is 0.688. The van der Waals surface area contributed by atoms with Gasteiger partial charge in [-0.05, 0) is 32.6 Å². The summed E-state index contributed by atoms with van der Waals surface area (Å²) in [5.74, 6) is 1.11. The Morgan fingerprint density at radius 3 is 2.96 bits per heavy atom. The van der Waals surface area contributed by atoms with E-state index in [0.717, 1.165) is 31.4 Å². The number of carbonyl (C=O) groups excluding carboxylic acids is 1. The van der Waals surface area contributed by atoms with Crippen molar-refractivity contribution in [1.82, 2.24) is 21.2 Å². The summed E-state index contributed by atoms with van der Waals surface area (Å²) in [6, 6.07) is 4.25. The van der Waals surface area contributed by atoms with Gasteiger partial charge in [0.1, 0.15) is 12.4 Å². The molecule has 1 aromatic heterocycles. The normalized spacial score (nSPS) is 34.0. The summed E-state index contributed by atoms with van der Waals surface area (Å²) in [6.45, 7) is 2.70. The van der Waals surface area contributed by atoms with Gasteiger partial charge in [0.2, 0.25) is 0 Å². The Bertz CT molecular complexity index is 686. The molecule has 1 saturated carbocycles. The number of aromatic nitrogens is 1. The Morgan fingerprint density at radius 2 is 2.11 bits per heavy atom. The molecular formula is C19H28N4O4. The predicted molar refractivity (Wildman–Crippen MR) is 98.1 cm³/mol. The van der Waals surface area contributed by atoms with E-state index in [9.17, 15) is 4.79 Å². The van der Waals surface area contributed by atoms with E-state index in [0.29, 0.717) is 29.9 Å². The van der Waals surface area contributed by atoms with Gasteiger partial charge in [0.05, 0.1) is 36.7 Å². The highest BCUT2D eigenvalue weighted by molar-refractivity contribution is 5.67. The van der Waals surface area contributed by atoms with Crippen molar-refractivity contribution < 1.29 is 19.0 Å². The SMILES string of the molecule is COc1cc2nc(c1)C1NNC3CCC(CC31)O[C@H](C)CCNC(=O)OC2. The summed E-state index contributed by atoms with van der Waals surface area (Å²) in [4.78, 5) is 16.7. The molecule has 2 aliphatic heterocycles. The molecule has 0 radical (unpaired) electrons. The highest BCUT2D eigenvalue weighted by Gasteiger charge is 2.42. The fourth-order valence-electron chi connectivity index (χ4n) is 4.33. The monoisotopic (exact) mass is 376 g/mol. The molecule has 3 N–H and O–H groups in total. The number of ether oxygens (including phenoxy) is 3. The highest BCUT2D eigenvalue weighted by Crippen LogP contribution is 2.39. The van der Waals surface area contributed by atoms with Gasteiger partial charge in [-0.2, -0.15) is 0 Å². The van der Waals surface area contributed by atoms with Gasteiger partial charge in [0.15, 0.2) is 0 Å². The number of hydrogen-bond acceptors (Lipinski definition) is 7. The minimum absolute atomic E-state index is 0.0736. The van der Waals surface area contributed by atoms with Crippen LogP contribution in [0.3, 0.4) is 0 Å². The van der Waals surface area contributed by atoms with E-state index in [-0.39, 0.29) is 24.9 Å². The third-order valence-electron chi connectivity index (χ3n) is 5.73. The first-order valence-electron chi connectivity index (χ1n) is 9.74. The Labute approximate surface area is 159 Å². The first-order chi connectivity index (χ1) is 13.1. The number of nitrogens with zero attached hydrogens (tertiary/aromatic N) is 1. The minimum Gasteiger partial charge on any atom is -0.497 e. The average molecular weight is 376 g/mol. The zero-order valence-corrected chi connectivity index (χ0v) is 15.9. The highest BCUT2D eigenvalue weighted by atomic mass is 16.5. The molecule has 1 aliphatic carbocycles. The molecule has 1 aromatic rings. The largest absolute Gasteiger partial charge is 0.497 e. The molecule has 148 valence electrons. The van der Waals surface area contributed by atoms with E-state index < -0.39 is 6.09 Å². The Kier molecular flexibility index (Phi) is 5.47. The molecule has 27 heavy (non-hydrogen) atoms. The van der Waals surface area contributed by atoms with E-state index in [2.05, 4.69) is 23.1 Å². The molecule has 4 bridgehead atoms. The molecule has 5 atom stereocenters. The van der Waals surface area contributed by atoms with Gasteiger partial charge in [0.25, 0.3) is 0 Å². The van der Waals surface area contributed by atoms with E-state index >= 15 is 0 Å². The van der Waals surface area contributed by atoms with Crippen LogP contribution in [-0.2, 0) is 16.1 Å². The fourth-order valence-corrected chi connectivity index (χ4v) is 4.33. The number of fused-ring (bicyclic) bond motifs is 4. The summed E-state index contributed by atoms with van der Waals surface area (Å²) >= 11 is 0. The van der Waals surface area contributed by atoms with Crippen LogP contribution >= 0.6 is 0 Å². The summed E-state index contributed by atoms with van der Waals surface area (Å²) in [5.41, 5.74) is 8.42. The number of amides is 1. The van der Waals surface area contributed by atoms with Crippen LogP contribution in [0, 0.1) is 5.92 Å². The molecule has 4 rings (SSSR count). The number of carbonyl (C=O) groups is 1. The van der Waals surface area contributed by atoms with Gasteiger partial charge in [0, 0.05) is 30.6 Å². The van der Waals surface area contributed by atoms with E-state index in [1.54, 1.807) is 7.11 Å². The van der Waals surface area contributed by atoms with Crippen molar-refractivity contribution in [2.45, 2.75) is 63.5 Å². The minimum atomic E-state index is -0.442. The smallest absolute Gasteiger partial charge is 0.407 e. The predicted octanol–water partition coefficient (Wildman–Crippen LogP) is 1.81. The van der Waals surface area contributed by atoms with Crippen molar-refractivity contribution in [1.29, 1.82) is 0 Å². The number of alkyl carbamates (subject to hydrolysis) is 1. The van der Waals surface area contributed by atoms with Gasteiger partial charge in [-0.15, -0.1) is 0 Å². The van der Waals surface area contributed by atoms with Crippen molar-refractivity contribution in [2.75, 3.05) is 13.7 Å². The number of hydrogen-bond donors (Lipinski definition) is 3. The van der Waals surface area contributed by atoms with Crippen LogP contribution in [-0.4, -0.2) is 43.0 Å². The van der Waals surface area contributed by atoms with E-state index in [1.165, 1.54) is 0 Å². The number of methoxy groups -OCH3 is 1.